The highest BCUT2D eigenvalue weighted by atomic mass is 16.7. The van der Waals surface area contributed by atoms with Crippen molar-refractivity contribution in [2.75, 3.05) is 0 Å². The Labute approximate surface area is 119 Å². The molecule has 20 heavy (non-hydrogen) atoms. The van der Waals surface area contributed by atoms with Crippen molar-refractivity contribution < 1.29 is 14.6 Å². The second-order valence-corrected chi connectivity index (χ2v) is 5.92. The summed E-state index contributed by atoms with van der Waals surface area (Å²) in [6, 6.07) is 7.78. The van der Waals surface area contributed by atoms with Gasteiger partial charge >= 0.3 is 0 Å². The Hall–Kier alpha value is -1.74. The Morgan fingerprint density at radius 1 is 1.15 bits per heavy atom. The Balaban J connectivity index is 2.08. The van der Waals surface area contributed by atoms with E-state index < -0.39 is 11.4 Å². The van der Waals surface area contributed by atoms with E-state index in [1.54, 1.807) is 12.5 Å². The summed E-state index contributed by atoms with van der Waals surface area (Å²) in [5, 5.41) is 11.1. The van der Waals surface area contributed by atoms with Gasteiger partial charge in [0.05, 0.1) is 0 Å². The van der Waals surface area contributed by atoms with Gasteiger partial charge in [0.15, 0.2) is 0 Å². The largest absolute Gasteiger partial charge is 0.453 e. The maximum atomic E-state index is 11.1. The third kappa shape index (κ3) is 1.93. The predicted molar refractivity (Wildman–Crippen MR) is 76.5 cm³/mol. The fourth-order valence-corrected chi connectivity index (χ4v) is 3.12. The summed E-state index contributed by atoms with van der Waals surface area (Å²) >= 11 is 0. The van der Waals surface area contributed by atoms with Crippen molar-refractivity contribution in [2.24, 2.45) is 5.92 Å². The number of ether oxygens (including phenoxy) is 2. The van der Waals surface area contributed by atoms with E-state index in [2.05, 4.69) is 13.8 Å². The molecule has 0 spiro atoms. The zero-order valence-electron chi connectivity index (χ0n) is 12.1. The third-order valence-electron chi connectivity index (χ3n) is 4.39. The molecular formula is C17H20O3. The average Bonchev–Trinajstić information content (AvgIpc) is 2.96. The lowest BCUT2D eigenvalue weighted by molar-refractivity contribution is -0.135. The van der Waals surface area contributed by atoms with Crippen molar-refractivity contribution >= 4 is 0 Å². The number of rotatable bonds is 2. The van der Waals surface area contributed by atoms with Gasteiger partial charge in [-0.3, -0.25) is 0 Å². The van der Waals surface area contributed by atoms with E-state index in [-0.39, 0.29) is 0 Å². The summed E-state index contributed by atoms with van der Waals surface area (Å²) < 4.78 is 11.2. The van der Waals surface area contributed by atoms with Gasteiger partial charge < -0.3 is 14.6 Å². The van der Waals surface area contributed by atoms with Gasteiger partial charge in [-0.05, 0) is 30.9 Å². The van der Waals surface area contributed by atoms with E-state index in [0.29, 0.717) is 12.3 Å². The van der Waals surface area contributed by atoms with Crippen molar-refractivity contribution in [3.8, 4) is 0 Å². The van der Waals surface area contributed by atoms with E-state index >= 15 is 0 Å². The van der Waals surface area contributed by atoms with Gasteiger partial charge in [-0.1, -0.05) is 36.8 Å². The molecular weight excluding hydrogens is 252 g/mol. The Bertz CT molecular complexity index is 580. The molecule has 0 fully saturated rings. The molecule has 0 radical (unpaired) electrons. The van der Waals surface area contributed by atoms with Crippen LogP contribution in [0.3, 0.4) is 0 Å². The van der Waals surface area contributed by atoms with E-state index in [4.69, 9.17) is 9.47 Å². The zero-order valence-corrected chi connectivity index (χ0v) is 12.1. The first-order valence-electron chi connectivity index (χ1n) is 6.97. The highest BCUT2D eigenvalue weighted by molar-refractivity contribution is 5.41. The maximum absolute atomic E-state index is 11.1. The van der Waals surface area contributed by atoms with Crippen LogP contribution in [0.4, 0.5) is 0 Å². The molecule has 2 unspecified atom stereocenters. The van der Waals surface area contributed by atoms with Crippen LogP contribution in [0.15, 0.2) is 48.4 Å². The van der Waals surface area contributed by atoms with Gasteiger partial charge in [0.1, 0.15) is 18.1 Å². The molecule has 0 saturated heterocycles. The van der Waals surface area contributed by atoms with Crippen LogP contribution < -0.4 is 0 Å². The fourth-order valence-electron chi connectivity index (χ4n) is 3.12. The smallest absolute Gasteiger partial charge is 0.274 e. The molecule has 0 saturated carbocycles. The standard InChI is InChI=1S/C17H20O3/c1-12-10-17(18,11-13(12)2)15-7-5-4-6-14(15)16(3)19-8-9-20-16/h4-10,13,18H,11H2,1-3H3. The molecule has 0 bridgehead atoms. The Morgan fingerprint density at radius 3 is 2.30 bits per heavy atom. The summed E-state index contributed by atoms with van der Waals surface area (Å²) in [5.74, 6) is -0.482. The van der Waals surface area contributed by atoms with Gasteiger partial charge in [-0.2, -0.15) is 0 Å². The zero-order chi connectivity index (χ0) is 14.4. The quantitative estimate of drug-likeness (QED) is 0.837. The summed E-state index contributed by atoms with van der Waals surface area (Å²) in [7, 11) is 0. The lowest BCUT2D eigenvalue weighted by atomic mass is 9.85. The molecule has 1 aromatic rings. The molecule has 0 amide bonds. The molecule has 1 heterocycles. The van der Waals surface area contributed by atoms with Crippen LogP contribution >= 0.6 is 0 Å². The van der Waals surface area contributed by atoms with Gasteiger partial charge in [-0.25, -0.2) is 0 Å². The number of hydrogen-bond donors (Lipinski definition) is 1. The van der Waals surface area contributed by atoms with Crippen molar-refractivity contribution in [1.82, 2.24) is 0 Å². The monoisotopic (exact) mass is 272 g/mol. The van der Waals surface area contributed by atoms with Crippen molar-refractivity contribution in [3.63, 3.8) is 0 Å². The second kappa shape index (κ2) is 4.38. The summed E-state index contributed by atoms with van der Waals surface area (Å²) in [6.45, 7) is 6.07. The highest BCUT2D eigenvalue weighted by Gasteiger charge is 2.42. The molecule has 3 rings (SSSR count). The first kappa shape index (κ1) is 13.3. The third-order valence-corrected chi connectivity index (χ3v) is 4.39. The van der Waals surface area contributed by atoms with Crippen molar-refractivity contribution in [2.45, 2.75) is 38.6 Å². The topological polar surface area (TPSA) is 38.7 Å². The maximum Gasteiger partial charge on any atom is 0.274 e. The number of aliphatic hydroxyl groups is 1. The minimum Gasteiger partial charge on any atom is -0.453 e. The number of hydrogen-bond acceptors (Lipinski definition) is 3. The van der Waals surface area contributed by atoms with Crippen molar-refractivity contribution in [1.29, 1.82) is 0 Å². The van der Waals surface area contributed by atoms with E-state index in [1.807, 2.05) is 37.3 Å². The SMILES string of the molecule is CC1=CC(O)(c2ccccc2C2(C)OC=CO2)CC1C. The summed E-state index contributed by atoms with van der Waals surface area (Å²) in [6.07, 6.45) is 5.74. The van der Waals surface area contributed by atoms with E-state index in [0.717, 1.165) is 11.1 Å². The molecule has 1 N–H and O–H groups in total. The second-order valence-electron chi connectivity index (χ2n) is 5.92. The molecule has 1 aliphatic carbocycles. The minimum absolute atomic E-state index is 0.379. The molecule has 2 aliphatic rings. The normalized spacial score (nSPS) is 30.8. The average molecular weight is 272 g/mol. The fraction of sp³-hybridized carbons (Fsp3) is 0.412. The van der Waals surface area contributed by atoms with Gasteiger partial charge in [0.25, 0.3) is 5.79 Å². The first-order valence-corrected chi connectivity index (χ1v) is 6.97. The van der Waals surface area contributed by atoms with Crippen molar-refractivity contribution in [3.05, 3.63) is 59.6 Å². The van der Waals surface area contributed by atoms with E-state index in [1.165, 1.54) is 5.57 Å². The van der Waals surface area contributed by atoms with Gasteiger partial charge in [-0.15, -0.1) is 0 Å². The van der Waals surface area contributed by atoms with Crippen LogP contribution in [0.25, 0.3) is 0 Å². The Kier molecular flexibility index (Phi) is 2.91. The molecule has 2 atom stereocenters. The molecule has 3 nitrogen and oxygen atoms in total. The lowest BCUT2D eigenvalue weighted by Crippen LogP contribution is -2.30. The van der Waals surface area contributed by atoms with E-state index in [9.17, 15) is 5.11 Å². The predicted octanol–water partition coefficient (Wildman–Crippen LogP) is 3.55. The lowest BCUT2D eigenvalue weighted by Gasteiger charge is -2.31. The summed E-state index contributed by atoms with van der Waals surface area (Å²) in [5.41, 5.74) is 2.00. The van der Waals surface area contributed by atoms with Gasteiger partial charge in [0, 0.05) is 12.5 Å². The Morgan fingerprint density at radius 2 is 1.75 bits per heavy atom. The minimum atomic E-state index is -0.946. The van der Waals surface area contributed by atoms with Crippen LogP contribution in [0.2, 0.25) is 0 Å². The molecule has 106 valence electrons. The molecule has 1 aromatic carbocycles. The summed E-state index contributed by atoms with van der Waals surface area (Å²) in [4.78, 5) is 0. The van der Waals surface area contributed by atoms with Crippen LogP contribution in [0.5, 0.6) is 0 Å². The first-order chi connectivity index (χ1) is 9.45. The molecule has 3 heteroatoms. The number of benzene rings is 1. The number of allylic oxidation sites excluding steroid dienone is 1. The molecule has 1 aliphatic heterocycles. The highest BCUT2D eigenvalue weighted by Crippen LogP contribution is 2.45. The molecule has 0 aromatic heterocycles. The van der Waals surface area contributed by atoms with Crippen LogP contribution in [0.1, 0.15) is 38.3 Å². The van der Waals surface area contributed by atoms with Crippen LogP contribution in [0, 0.1) is 5.92 Å². The van der Waals surface area contributed by atoms with Crippen LogP contribution in [-0.2, 0) is 20.9 Å². The van der Waals surface area contributed by atoms with Gasteiger partial charge in [0.2, 0.25) is 0 Å². The van der Waals surface area contributed by atoms with Crippen LogP contribution in [-0.4, -0.2) is 5.11 Å².